The molecule has 3 N–H and O–H groups in total. The predicted molar refractivity (Wildman–Crippen MR) is 134 cm³/mol. The van der Waals surface area contributed by atoms with E-state index < -0.39 is 10.0 Å². The maximum absolute atomic E-state index is 12.2. The third-order valence-corrected chi connectivity index (χ3v) is 6.70. The van der Waals surface area contributed by atoms with Gasteiger partial charge in [0.1, 0.15) is 0 Å². The Kier molecular flexibility index (Phi) is 11.9. The number of hydrogen-bond donors (Lipinski definition) is 3. The molecule has 1 atom stereocenters. The zero-order valence-corrected chi connectivity index (χ0v) is 21.7. The molecule has 0 fully saturated rings. The fraction of sp³-hybridized carbons (Fsp3) is 0.450. The van der Waals surface area contributed by atoms with E-state index in [2.05, 4.69) is 46.3 Å². The number of sulfonamides is 1. The average molecular weight is 567 g/mol. The van der Waals surface area contributed by atoms with Gasteiger partial charge in [0, 0.05) is 49.5 Å². The number of methoxy groups -OCH3 is 1. The van der Waals surface area contributed by atoms with Crippen molar-refractivity contribution in [2.24, 2.45) is 4.99 Å². The minimum absolute atomic E-state index is 0. The minimum Gasteiger partial charge on any atom is -0.383 e. The maximum atomic E-state index is 12.2. The van der Waals surface area contributed by atoms with Gasteiger partial charge in [-0.3, -0.25) is 4.99 Å². The number of rotatable bonds is 10. The quantitative estimate of drug-likeness (QED) is 0.178. The summed E-state index contributed by atoms with van der Waals surface area (Å²) in [6, 6.07) is 11.3. The molecule has 0 amide bonds. The lowest BCUT2D eigenvalue weighted by atomic mass is 10.2. The van der Waals surface area contributed by atoms with E-state index in [0.717, 1.165) is 12.0 Å². The molecule has 168 valence electrons. The van der Waals surface area contributed by atoms with Gasteiger partial charge in [-0.25, -0.2) is 13.1 Å². The maximum Gasteiger partial charge on any atom is 0.240 e. The number of hydrogen-bond acceptors (Lipinski definition) is 5. The van der Waals surface area contributed by atoms with Gasteiger partial charge in [0.2, 0.25) is 10.0 Å². The third kappa shape index (κ3) is 8.88. The van der Waals surface area contributed by atoms with Gasteiger partial charge < -0.3 is 15.4 Å². The van der Waals surface area contributed by atoms with Crippen LogP contribution in [0.3, 0.4) is 0 Å². The second kappa shape index (κ2) is 13.3. The number of ether oxygens (including phenoxy) is 1. The molecule has 0 saturated carbocycles. The van der Waals surface area contributed by atoms with Crippen LogP contribution in [0, 0.1) is 6.92 Å². The summed E-state index contributed by atoms with van der Waals surface area (Å²) in [4.78, 5) is 7.16. The molecule has 0 spiro atoms. The Bertz CT molecular complexity index is 899. The lowest BCUT2D eigenvalue weighted by Gasteiger charge is -2.17. The summed E-state index contributed by atoms with van der Waals surface area (Å²) in [7, 11) is -0.249. The van der Waals surface area contributed by atoms with Crippen molar-refractivity contribution in [1.82, 2.24) is 15.4 Å². The molecule has 1 aromatic heterocycles. The second-order valence-electron chi connectivity index (χ2n) is 6.72. The molecule has 7 nitrogen and oxygen atoms in total. The van der Waals surface area contributed by atoms with Gasteiger partial charge in [-0.15, -0.1) is 35.3 Å². The summed E-state index contributed by atoms with van der Waals surface area (Å²) in [5.74, 6) is 0.712. The molecule has 10 heteroatoms. The fourth-order valence-electron chi connectivity index (χ4n) is 2.71. The van der Waals surface area contributed by atoms with Crippen molar-refractivity contribution in [3.63, 3.8) is 0 Å². The van der Waals surface area contributed by atoms with Crippen molar-refractivity contribution < 1.29 is 13.2 Å². The van der Waals surface area contributed by atoms with Crippen LogP contribution in [0.1, 0.15) is 22.2 Å². The van der Waals surface area contributed by atoms with Crippen LogP contribution >= 0.6 is 35.3 Å². The van der Waals surface area contributed by atoms with Crippen molar-refractivity contribution in [2.75, 3.05) is 27.3 Å². The first-order chi connectivity index (χ1) is 13.8. The number of aryl methyl sites for hydroxylation is 1. The van der Waals surface area contributed by atoms with E-state index in [-0.39, 0.29) is 41.5 Å². The van der Waals surface area contributed by atoms with E-state index >= 15 is 0 Å². The molecular weight excluding hydrogens is 535 g/mol. The number of nitrogens with zero attached hydrogens (tertiary/aromatic N) is 1. The van der Waals surface area contributed by atoms with Crippen LogP contribution < -0.4 is 15.4 Å². The normalized spacial score (nSPS) is 12.9. The molecule has 30 heavy (non-hydrogen) atoms. The zero-order chi connectivity index (χ0) is 21.3. The fourth-order valence-corrected chi connectivity index (χ4v) is 4.74. The van der Waals surface area contributed by atoms with Crippen LogP contribution in [0.5, 0.6) is 0 Å². The summed E-state index contributed by atoms with van der Waals surface area (Å²) in [6.07, 6.45) is 0.932. The van der Waals surface area contributed by atoms with Crippen molar-refractivity contribution in [2.45, 2.75) is 37.8 Å². The Balaban J connectivity index is 0.00000450. The van der Waals surface area contributed by atoms with E-state index in [0.29, 0.717) is 19.1 Å². The second-order valence-corrected chi connectivity index (χ2v) is 9.86. The van der Waals surface area contributed by atoms with Gasteiger partial charge in [-0.1, -0.05) is 12.1 Å². The van der Waals surface area contributed by atoms with E-state index in [9.17, 15) is 8.42 Å². The average Bonchev–Trinajstić information content (AvgIpc) is 3.10. The summed E-state index contributed by atoms with van der Waals surface area (Å²) < 4.78 is 31.8. The Morgan fingerprint density at radius 2 is 1.90 bits per heavy atom. The number of halogens is 1. The molecule has 0 radical (unpaired) electrons. The molecule has 1 unspecified atom stereocenters. The highest BCUT2D eigenvalue weighted by molar-refractivity contribution is 14.0. The number of aliphatic imine (C=N–C) groups is 1. The molecule has 0 saturated heterocycles. The van der Waals surface area contributed by atoms with E-state index in [1.807, 2.05) is 11.3 Å². The van der Waals surface area contributed by atoms with E-state index in [1.54, 1.807) is 31.3 Å². The number of benzene rings is 1. The van der Waals surface area contributed by atoms with Crippen LogP contribution in [0.4, 0.5) is 0 Å². The van der Waals surface area contributed by atoms with Crippen molar-refractivity contribution in [3.05, 3.63) is 51.7 Å². The highest BCUT2D eigenvalue weighted by atomic mass is 127. The summed E-state index contributed by atoms with van der Waals surface area (Å²) in [6.45, 7) is 5.35. The van der Waals surface area contributed by atoms with Crippen LogP contribution in [-0.2, 0) is 27.7 Å². The molecule has 1 heterocycles. The summed E-state index contributed by atoms with van der Waals surface area (Å²) >= 11 is 1.81. The standard InChI is InChI=1S/C20H30N4O3S2.HI/c1-15(13-18-8-5-16(2)28-18)24-20(21-3)22-14-17-6-9-19(10-7-17)29(25,26)23-11-12-27-4;/h5-10,15,23H,11-14H2,1-4H3,(H2,21,22,24);1H. The Morgan fingerprint density at radius 1 is 1.20 bits per heavy atom. The van der Waals surface area contributed by atoms with Crippen LogP contribution in [0.2, 0.25) is 0 Å². The molecule has 0 aliphatic carbocycles. The van der Waals surface area contributed by atoms with Gasteiger partial charge >= 0.3 is 0 Å². The smallest absolute Gasteiger partial charge is 0.240 e. The molecule has 0 bridgehead atoms. The number of guanidine groups is 1. The van der Waals surface area contributed by atoms with Crippen LogP contribution in [0.15, 0.2) is 46.3 Å². The minimum atomic E-state index is -3.51. The van der Waals surface area contributed by atoms with Crippen LogP contribution in [0.25, 0.3) is 0 Å². The number of nitrogens with one attached hydrogen (secondary N) is 3. The predicted octanol–water partition coefficient (Wildman–Crippen LogP) is 2.90. The summed E-state index contributed by atoms with van der Waals surface area (Å²) in [5.41, 5.74) is 0.963. The van der Waals surface area contributed by atoms with Crippen molar-refractivity contribution in [3.8, 4) is 0 Å². The van der Waals surface area contributed by atoms with Gasteiger partial charge in [-0.05, 0) is 43.7 Å². The molecule has 2 rings (SSSR count). The lowest BCUT2D eigenvalue weighted by molar-refractivity contribution is 0.204. The van der Waals surface area contributed by atoms with Crippen molar-refractivity contribution in [1.29, 1.82) is 0 Å². The first kappa shape index (κ1) is 26.8. The first-order valence-corrected chi connectivity index (χ1v) is 11.7. The van der Waals surface area contributed by atoms with Gasteiger partial charge in [0.15, 0.2) is 5.96 Å². The van der Waals surface area contributed by atoms with Gasteiger partial charge in [-0.2, -0.15) is 0 Å². The Hall–Kier alpha value is -1.21. The molecule has 1 aromatic carbocycles. The SMILES string of the molecule is CN=C(NCc1ccc(S(=O)(=O)NCCOC)cc1)NC(C)Cc1ccc(C)s1.I. The topological polar surface area (TPSA) is 91.8 Å². The van der Waals surface area contributed by atoms with E-state index in [4.69, 9.17) is 4.74 Å². The molecular formula is C20H31IN4O3S2. The number of thiophene rings is 1. The molecule has 0 aliphatic rings. The highest BCUT2D eigenvalue weighted by Crippen LogP contribution is 2.16. The van der Waals surface area contributed by atoms with Crippen molar-refractivity contribution >= 4 is 51.3 Å². The monoisotopic (exact) mass is 566 g/mol. The lowest BCUT2D eigenvalue weighted by Crippen LogP contribution is -2.42. The summed E-state index contributed by atoms with van der Waals surface area (Å²) in [5, 5.41) is 6.66. The molecule has 2 aromatic rings. The first-order valence-electron chi connectivity index (χ1n) is 9.44. The Morgan fingerprint density at radius 3 is 2.47 bits per heavy atom. The zero-order valence-electron chi connectivity index (χ0n) is 17.8. The van der Waals surface area contributed by atoms with E-state index in [1.165, 1.54) is 16.9 Å². The largest absolute Gasteiger partial charge is 0.383 e. The van der Waals surface area contributed by atoms with Crippen LogP contribution in [-0.4, -0.2) is 47.7 Å². The van der Waals surface area contributed by atoms with Gasteiger partial charge in [0.05, 0.1) is 11.5 Å². The molecule has 0 aliphatic heterocycles. The third-order valence-electron chi connectivity index (χ3n) is 4.20. The highest BCUT2D eigenvalue weighted by Gasteiger charge is 2.13. The van der Waals surface area contributed by atoms with Gasteiger partial charge in [0.25, 0.3) is 0 Å². The Labute approximate surface area is 200 Å².